The van der Waals surface area contributed by atoms with E-state index in [0.29, 0.717) is 11.5 Å². The molecule has 0 unspecified atom stereocenters. The summed E-state index contributed by atoms with van der Waals surface area (Å²) >= 11 is 0. The van der Waals surface area contributed by atoms with Gasteiger partial charge in [0.1, 0.15) is 22.3 Å². The van der Waals surface area contributed by atoms with Gasteiger partial charge in [0.25, 0.3) is 0 Å². The standard InChI is InChI=1S/C58H35N3O2/c1-35-31-47(59-58(38-25-23-37(24-26-38)36-13-3-2-4-14-36)60-57(35)41-27-28-44-43-18-8-11-21-51(43)63-54(44)34-41)56-49(29-30-53-55(56)45-19-9-12-22-52(45)62-53)61-48-20-10-7-17-42(48)46-32-39-15-5-6-16-40(39)33-50(46)61/h2-34H,1H2. The number of furan rings is 2. The van der Waals surface area contributed by atoms with E-state index in [4.69, 9.17) is 25.4 Å². The molecule has 0 atom stereocenters. The lowest BCUT2D eigenvalue weighted by atomic mass is 9.97. The number of allylic oxidation sites excluding steroid dienone is 2. The number of hydrogen-bond acceptors (Lipinski definition) is 4. The van der Waals surface area contributed by atoms with Gasteiger partial charge in [-0.05, 0) is 88.1 Å². The van der Waals surface area contributed by atoms with Gasteiger partial charge in [-0.3, -0.25) is 0 Å². The van der Waals surface area contributed by atoms with Crippen LogP contribution in [0.5, 0.6) is 0 Å². The van der Waals surface area contributed by atoms with Crippen LogP contribution in [0, 0.1) is 0 Å². The Balaban J connectivity index is 1.09. The topological polar surface area (TPSA) is 55.9 Å². The Labute approximate surface area is 361 Å². The van der Waals surface area contributed by atoms with Crippen molar-refractivity contribution in [2.75, 3.05) is 0 Å². The molecule has 0 aliphatic carbocycles. The van der Waals surface area contributed by atoms with Gasteiger partial charge in [-0.25, -0.2) is 9.98 Å². The fourth-order valence-electron chi connectivity index (χ4n) is 9.57. The summed E-state index contributed by atoms with van der Waals surface area (Å²) in [4.78, 5) is 11.0. The monoisotopic (exact) mass is 805 g/mol. The number of aromatic nitrogens is 1. The predicted octanol–water partition coefficient (Wildman–Crippen LogP) is 15.2. The van der Waals surface area contributed by atoms with Crippen LogP contribution in [0.4, 0.5) is 0 Å². The average molecular weight is 806 g/mol. The van der Waals surface area contributed by atoms with Crippen LogP contribution in [0.1, 0.15) is 16.7 Å². The number of para-hydroxylation sites is 3. The van der Waals surface area contributed by atoms with Crippen LogP contribution in [-0.2, 0) is 0 Å². The van der Waals surface area contributed by atoms with Gasteiger partial charge >= 0.3 is 0 Å². The van der Waals surface area contributed by atoms with Gasteiger partial charge in [-0.1, -0.05) is 146 Å². The summed E-state index contributed by atoms with van der Waals surface area (Å²) in [5.41, 5.74) is 13.5. The zero-order valence-corrected chi connectivity index (χ0v) is 33.9. The quantitative estimate of drug-likeness (QED) is 0.174. The molecule has 63 heavy (non-hydrogen) atoms. The first-order valence-corrected chi connectivity index (χ1v) is 21.2. The van der Waals surface area contributed by atoms with Crippen molar-refractivity contribution in [1.82, 2.24) is 4.57 Å². The molecule has 0 saturated carbocycles. The second-order valence-corrected chi connectivity index (χ2v) is 16.2. The van der Waals surface area contributed by atoms with Crippen molar-refractivity contribution < 1.29 is 8.83 Å². The third-order valence-corrected chi connectivity index (χ3v) is 12.5. The Kier molecular flexibility index (Phi) is 7.69. The smallest absolute Gasteiger partial charge is 0.160 e. The lowest BCUT2D eigenvalue weighted by Crippen LogP contribution is -2.07. The average Bonchev–Trinajstić information content (AvgIpc) is 3.96. The zero-order chi connectivity index (χ0) is 41.6. The van der Waals surface area contributed by atoms with E-state index in [0.717, 1.165) is 99.7 Å². The minimum Gasteiger partial charge on any atom is -0.456 e. The molecule has 13 rings (SSSR count). The molecule has 0 spiro atoms. The maximum atomic E-state index is 6.62. The molecule has 0 N–H and O–H groups in total. The van der Waals surface area contributed by atoms with Crippen LogP contribution in [-0.4, -0.2) is 16.1 Å². The van der Waals surface area contributed by atoms with Crippen LogP contribution in [0.15, 0.2) is 231 Å². The Morgan fingerprint density at radius 2 is 1.03 bits per heavy atom. The fourth-order valence-corrected chi connectivity index (χ4v) is 9.57. The van der Waals surface area contributed by atoms with Crippen molar-refractivity contribution in [3.05, 3.63) is 229 Å². The zero-order valence-electron chi connectivity index (χ0n) is 33.9. The molecular weight excluding hydrogens is 771 g/mol. The van der Waals surface area contributed by atoms with Crippen LogP contribution in [0.25, 0.3) is 99.0 Å². The van der Waals surface area contributed by atoms with Crippen LogP contribution >= 0.6 is 0 Å². The predicted molar refractivity (Wildman–Crippen MR) is 261 cm³/mol. The summed E-state index contributed by atoms with van der Waals surface area (Å²) < 4.78 is 15.4. The van der Waals surface area contributed by atoms with E-state index >= 15 is 0 Å². The first-order valence-electron chi connectivity index (χ1n) is 21.2. The number of nitrogens with zero attached hydrogens (tertiary/aromatic N) is 3. The number of benzene rings is 9. The Morgan fingerprint density at radius 1 is 0.413 bits per heavy atom. The molecule has 4 heterocycles. The summed E-state index contributed by atoms with van der Waals surface area (Å²) in [7, 11) is 0. The van der Waals surface area contributed by atoms with E-state index in [1.165, 1.54) is 21.5 Å². The van der Waals surface area contributed by atoms with Gasteiger partial charge in [0.2, 0.25) is 0 Å². The van der Waals surface area contributed by atoms with Crippen LogP contribution in [0.3, 0.4) is 0 Å². The highest BCUT2D eigenvalue weighted by Gasteiger charge is 2.26. The van der Waals surface area contributed by atoms with E-state index in [2.05, 4.69) is 168 Å². The molecule has 3 aromatic heterocycles. The SMILES string of the molecule is C=C1C=C(c2c(-n3c4ccccc4c4cc5ccccc5cc43)ccc3oc4ccccc4c23)N=C(c2ccc(-c3ccccc3)cc2)N=C1c1ccc2c(c1)oc1ccccc12. The molecule has 0 amide bonds. The minimum absolute atomic E-state index is 0.572. The van der Waals surface area contributed by atoms with Gasteiger partial charge in [0.15, 0.2) is 5.84 Å². The summed E-state index contributed by atoms with van der Waals surface area (Å²) in [5, 5.41) is 8.84. The molecular formula is C58H35N3O2. The first kappa shape index (κ1) is 35.2. The molecule has 5 nitrogen and oxygen atoms in total. The molecule has 0 saturated heterocycles. The lowest BCUT2D eigenvalue weighted by Gasteiger charge is -2.16. The highest BCUT2D eigenvalue weighted by molar-refractivity contribution is 6.25. The maximum Gasteiger partial charge on any atom is 0.160 e. The highest BCUT2D eigenvalue weighted by Crippen LogP contribution is 2.44. The first-order chi connectivity index (χ1) is 31.1. The highest BCUT2D eigenvalue weighted by atomic mass is 16.3. The van der Waals surface area contributed by atoms with Gasteiger partial charge in [-0.2, -0.15) is 0 Å². The second kappa shape index (κ2) is 13.7. The third kappa shape index (κ3) is 5.57. The van der Waals surface area contributed by atoms with Gasteiger partial charge in [-0.15, -0.1) is 0 Å². The molecule has 1 aliphatic heterocycles. The van der Waals surface area contributed by atoms with Crippen LogP contribution in [0.2, 0.25) is 0 Å². The van der Waals surface area contributed by atoms with Gasteiger partial charge in [0, 0.05) is 49.0 Å². The van der Waals surface area contributed by atoms with Crippen molar-refractivity contribution in [1.29, 1.82) is 0 Å². The molecule has 1 aliphatic rings. The minimum atomic E-state index is 0.572. The molecule has 0 radical (unpaired) electrons. The second-order valence-electron chi connectivity index (χ2n) is 16.2. The molecule has 9 aromatic carbocycles. The number of amidine groups is 1. The van der Waals surface area contributed by atoms with Crippen LogP contribution < -0.4 is 0 Å². The van der Waals surface area contributed by atoms with Crippen molar-refractivity contribution >= 4 is 93.7 Å². The van der Waals surface area contributed by atoms with E-state index in [-0.39, 0.29) is 0 Å². The largest absolute Gasteiger partial charge is 0.456 e. The number of hydrogen-bond donors (Lipinski definition) is 0. The van der Waals surface area contributed by atoms with E-state index in [9.17, 15) is 0 Å². The fraction of sp³-hybridized carbons (Fsp3) is 0. The maximum absolute atomic E-state index is 6.62. The lowest BCUT2D eigenvalue weighted by molar-refractivity contribution is 0.668. The van der Waals surface area contributed by atoms with Crippen molar-refractivity contribution in [2.24, 2.45) is 9.98 Å². The van der Waals surface area contributed by atoms with Crippen molar-refractivity contribution in [2.45, 2.75) is 0 Å². The summed E-state index contributed by atoms with van der Waals surface area (Å²) in [6, 6.07) is 67.8. The Hall–Kier alpha value is -8.54. The molecule has 5 heteroatoms. The molecule has 0 fully saturated rings. The summed E-state index contributed by atoms with van der Waals surface area (Å²) in [5.74, 6) is 0.572. The normalized spacial score (nSPS) is 13.4. The number of aliphatic imine (C=N–C) groups is 2. The number of fused-ring (bicyclic) bond motifs is 10. The van der Waals surface area contributed by atoms with E-state index in [1.807, 2.05) is 36.4 Å². The van der Waals surface area contributed by atoms with Gasteiger partial charge in [0.05, 0.1) is 28.1 Å². The molecule has 294 valence electrons. The number of rotatable bonds is 5. The Morgan fingerprint density at radius 3 is 1.86 bits per heavy atom. The van der Waals surface area contributed by atoms with E-state index in [1.54, 1.807) is 0 Å². The molecule has 0 bridgehead atoms. The molecule has 12 aromatic rings. The van der Waals surface area contributed by atoms with Gasteiger partial charge < -0.3 is 13.4 Å². The van der Waals surface area contributed by atoms with Crippen molar-refractivity contribution in [3.63, 3.8) is 0 Å². The summed E-state index contributed by atoms with van der Waals surface area (Å²) in [6.45, 7) is 4.73. The Bertz CT molecular complexity index is 3970. The summed E-state index contributed by atoms with van der Waals surface area (Å²) in [6.07, 6.45) is 2.09. The third-order valence-electron chi connectivity index (χ3n) is 12.5. The van der Waals surface area contributed by atoms with Crippen molar-refractivity contribution in [3.8, 4) is 16.8 Å². The van der Waals surface area contributed by atoms with E-state index < -0.39 is 0 Å².